The number of thiophene rings is 1. The van der Waals surface area contributed by atoms with Gasteiger partial charge in [-0.1, -0.05) is 12.7 Å². The number of aromatic amines is 2. The highest BCUT2D eigenvalue weighted by molar-refractivity contribution is 7.11. The van der Waals surface area contributed by atoms with Gasteiger partial charge in [0, 0.05) is 21.4 Å². The summed E-state index contributed by atoms with van der Waals surface area (Å²) in [4.78, 5) is 17.1. The van der Waals surface area contributed by atoms with E-state index in [-0.39, 0.29) is 5.56 Å². The van der Waals surface area contributed by atoms with Gasteiger partial charge >= 0.3 is 0 Å². The zero-order valence-electron chi connectivity index (χ0n) is 12.1. The molecule has 3 heterocycles. The maximum Gasteiger partial charge on any atom is 0.255 e. The normalized spacial score (nSPS) is 10.6. The van der Waals surface area contributed by atoms with Crippen LogP contribution in [0.15, 0.2) is 41.7 Å². The number of H-pyrrole nitrogens is 2. The highest BCUT2D eigenvalue weighted by Crippen LogP contribution is 2.19. The van der Waals surface area contributed by atoms with Gasteiger partial charge in [-0.15, -0.1) is 11.3 Å². The lowest BCUT2D eigenvalue weighted by Crippen LogP contribution is -2.09. The molecule has 0 spiro atoms. The van der Waals surface area contributed by atoms with E-state index in [1.807, 2.05) is 12.1 Å². The van der Waals surface area contributed by atoms with Crippen LogP contribution in [0.2, 0.25) is 0 Å². The van der Waals surface area contributed by atoms with Gasteiger partial charge in [-0.05, 0) is 31.2 Å². The zero-order valence-corrected chi connectivity index (χ0v) is 13.0. The first-order chi connectivity index (χ1) is 10.7. The number of hydrogen-bond donors (Lipinski definition) is 3. The van der Waals surface area contributed by atoms with E-state index in [9.17, 15) is 4.79 Å². The van der Waals surface area contributed by atoms with Gasteiger partial charge < -0.3 is 10.3 Å². The molecule has 22 heavy (non-hydrogen) atoms. The summed E-state index contributed by atoms with van der Waals surface area (Å²) in [6, 6.07) is 9.65. The lowest BCUT2D eigenvalue weighted by atomic mass is 10.2. The molecule has 0 amide bonds. The van der Waals surface area contributed by atoms with E-state index in [0.717, 1.165) is 18.1 Å². The number of nitrogens with zero attached hydrogens (tertiary/aromatic N) is 1. The lowest BCUT2D eigenvalue weighted by molar-refractivity contribution is 1.05. The monoisotopic (exact) mass is 312 g/mol. The predicted octanol–water partition coefficient (Wildman–Crippen LogP) is 3.39. The molecule has 0 atom stereocenters. The minimum Gasteiger partial charge on any atom is -0.364 e. The molecule has 0 bridgehead atoms. The molecule has 0 saturated carbocycles. The lowest BCUT2D eigenvalue weighted by Gasteiger charge is -1.99. The first kappa shape index (κ1) is 14.3. The molecule has 3 N–H and O–H groups in total. The summed E-state index contributed by atoms with van der Waals surface area (Å²) in [6.07, 6.45) is 1.53. The van der Waals surface area contributed by atoms with Crippen molar-refractivity contribution in [2.45, 2.75) is 13.5 Å². The van der Waals surface area contributed by atoms with Crippen LogP contribution in [0.1, 0.15) is 15.3 Å². The topological polar surface area (TPSA) is 73.6 Å². The molecule has 5 nitrogen and oxygen atoms in total. The largest absolute Gasteiger partial charge is 0.364 e. The molecule has 3 rings (SSSR count). The molecule has 0 aliphatic rings. The second kappa shape index (κ2) is 6.03. The number of aromatic nitrogens is 3. The fourth-order valence-corrected chi connectivity index (χ4v) is 2.94. The molecule has 0 aromatic carbocycles. The first-order valence-corrected chi connectivity index (χ1v) is 7.68. The van der Waals surface area contributed by atoms with Crippen LogP contribution in [0, 0.1) is 6.92 Å². The quantitative estimate of drug-likeness (QED) is 0.676. The minimum atomic E-state index is -0.161. The Bertz CT molecular complexity index is 859. The summed E-state index contributed by atoms with van der Waals surface area (Å²) >= 11 is 1.76. The Hall–Kier alpha value is -2.60. The Morgan fingerprint density at radius 2 is 2.18 bits per heavy atom. The van der Waals surface area contributed by atoms with Crippen LogP contribution >= 0.6 is 11.3 Å². The Kier molecular flexibility index (Phi) is 3.93. The van der Waals surface area contributed by atoms with E-state index in [0.29, 0.717) is 11.3 Å². The fraction of sp³-hybridized carbons (Fsp3) is 0.125. The van der Waals surface area contributed by atoms with E-state index >= 15 is 0 Å². The molecule has 0 radical (unpaired) electrons. The van der Waals surface area contributed by atoms with Crippen LogP contribution < -0.4 is 10.9 Å². The van der Waals surface area contributed by atoms with Gasteiger partial charge in [0.05, 0.1) is 17.9 Å². The van der Waals surface area contributed by atoms with E-state index < -0.39 is 0 Å². The standard InChI is InChI=1S/C16H16N4OS/c1-3-11-5-7-13(18-16(11)21)14-8-15(20-19-14)17-9-12-6-4-10(2)22-12/h3-8H,1,9H2,2H3,(H,18,21)(H2,17,19,20). The van der Waals surface area contributed by atoms with Crippen molar-refractivity contribution in [3.63, 3.8) is 0 Å². The van der Waals surface area contributed by atoms with E-state index in [1.54, 1.807) is 17.4 Å². The fourth-order valence-electron chi connectivity index (χ4n) is 2.11. The summed E-state index contributed by atoms with van der Waals surface area (Å²) in [5.41, 5.74) is 1.85. The summed E-state index contributed by atoms with van der Waals surface area (Å²) in [5.74, 6) is 0.745. The Labute approximate surface area is 131 Å². The Morgan fingerprint density at radius 3 is 2.86 bits per heavy atom. The van der Waals surface area contributed by atoms with Crippen molar-refractivity contribution in [1.82, 2.24) is 15.2 Å². The third kappa shape index (κ3) is 3.01. The molecule has 0 saturated heterocycles. The van der Waals surface area contributed by atoms with Crippen molar-refractivity contribution in [3.8, 4) is 11.4 Å². The highest BCUT2D eigenvalue weighted by atomic mass is 32.1. The third-order valence-electron chi connectivity index (χ3n) is 3.27. The number of anilines is 1. The van der Waals surface area contributed by atoms with Crippen molar-refractivity contribution in [3.05, 3.63) is 62.6 Å². The Morgan fingerprint density at radius 1 is 1.32 bits per heavy atom. The molecule has 0 unspecified atom stereocenters. The number of aryl methyl sites for hydroxylation is 1. The van der Waals surface area contributed by atoms with E-state index in [1.165, 1.54) is 15.8 Å². The summed E-state index contributed by atoms with van der Waals surface area (Å²) in [5, 5.41) is 10.4. The maximum absolute atomic E-state index is 11.8. The average Bonchev–Trinajstić information content (AvgIpc) is 3.14. The number of rotatable bonds is 5. The molecule has 3 aromatic heterocycles. The molecule has 6 heteroatoms. The van der Waals surface area contributed by atoms with Crippen LogP contribution in [0.5, 0.6) is 0 Å². The minimum absolute atomic E-state index is 0.161. The van der Waals surface area contributed by atoms with Crippen molar-refractivity contribution in [2.75, 3.05) is 5.32 Å². The summed E-state index contributed by atoms with van der Waals surface area (Å²) in [7, 11) is 0. The van der Waals surface area contributed by atoms with Crippen LogP contribution in [0.4, 0.5) is 5.82 Å². The zero-order chi connectivity index (χ0) is 15.5. The predicted molar refractivity (Wildman–Crippen MR) is 91.1 cm³/mol. The van der Waals surface area contributed by atoms with E-state index in [4.69, 9.17) is 0 Å². The second-order valence-electron chi connectivity index (χ2n) is 4.89. The Balaban J connectivity index is 1.74. The van der Waals surface area contributed by atoms with Gasteiger partial charge in [-0.25, -0.2) is 0 Å². The first-order valence-electron chi connectivity index (χ1n) is 6.86. The van der Waals surface area contributed by atoms with Gasteiger partial charge in [0.2, 0.25) is 0 Å². The van der Waals surface area contributed by atoms with Crippen molar-refractivity contribution in [1.29, 1.82) is 0 Å². The third-order valence-corrected chi connectivity index (χ3v) is 4.27. The summed E-state index contributed by atoms with van der Waals surface area (Å²) in [6.45, 7) is 6.42. The molecule has 112 valence electrons. The molecule has 0 aliphatic carbocycles. The SMILES string of the molecule is C=Cc1ccc(-c2cc(NCc3ccc(C)s3)n[nH]2)[nH]c1=O. The van der Waals surface area contributed by atoms with Crippen molar-refractivity contribution >= 4 is 23.2 Å². The number of nitrogens with one attached hydrogen (secondary N) is 3. The van der Waals surface area contributed by atoms with Gasteiger partial charge in [0.15, 0.2) is 0 Å². The van der Waals surface area contributed by atoms with Crippen LogP contribution in [-0.4, -0.2) is 15.2 Å². The smallest absolute Gasteiger partial charge is 0.255 e. The van der Waals surface area contributed by atoms with Crippen LogP contribution in [0.25, 0.3) is 17.5 Å². The second-order valence-corrected chi connectivity index (χ2v) is 6.27. The van der Waals surface area contributed by atoms with Crippen LogP contribution in [-0.2, 0) is 6.54 Å². The maximum atomic E-state index is 11.8. The molecular weight excluding hydrogens is 296 g/mol. The number of pyridine rings is 1. The van der Waals surface area contributed by atoms with Gasteiger partial charge in [-0.2, -0.15) is 5.10 Å². The van der Waals surface area contributed by atoms with Gasteiger partial charge in [0.25, 0.3) is 5.56 Å². The molecule has 0 fully saturated rings. The van der Waals surface area contributed by atoms with Gasteiger partial charge in [-0.3, -0.25) is 9.89 Å². The molecule has 3 aromatic rings. The highest BCUT2D eigenvalue weighted by Gasteiger charge is 2.06. The van der Waals surface area contributed by atoms with Gasteiger partial charge in [0.1, 0.15) is 5.82 Å². The number of hydrogen-bond acceptors (Lipinski definition) is 4. The molecular formula is C16H16N4OS. The van der Waals surface area contributed by atoms with Crippen LogP contribution in [0.3, 0.4) is 0 Å². The molecule has 0 aliphatic heterocycles. The average molecular weight is 312 g/mol. The van der Waals surface area contributed by atoms with E-state index in [2.05, 4.69) is 46.1 Å². The van der Waals surface area contributed by atoms with Crippen molar-refractivity contribution in [2.24, 2.45) is 0 Å². The summed E-state index contributed by atoms with van der Waals surface area (Å²) < 4.78 is 0. The van der Waals surface area contributed by atoms with Crippen molar-refractivity contribution < 1.29 is 0 Å².